The molecule has 1 rings (SSSR count). The lowest BCUT2D eigenvalue weighted by molar-refractivity contribution is 0.446. The van der Waals surface area contributed by atoms with Crippen molar-refractivity contribution in [1.29, 1.82) is 0 Å². The van der Waals surface area contributed by atoms with Crippen LogP contribution in [0.2, 0.25) is 0 Å². The molecular formula is C16H27FN4O2S2. The van der Waals surface area contributed by atoms with Crippen LogP contribution in [0.25, 0.3) is 0 Å². The molecule has 6 nitrogen and oxygen atoms in total. The fraction of sp³-hybridized carbons (Fsp3) is 0.562. The Bertz CT molecular complexity index is 706. The molecule has 25 heavy (non-hydrogen) atoms. The molecule has 0 bridgehead atoms. The van der Waals surface area contributed by atoms with Gasteiger partial charge >= 0.3 is 0 Å². The fourth-order valence-corrected chi connectivity index (χ4v) is 3.95. The number of hydrogen-bond donors (Lipinski definition) is 3. The summed E-state index contributed by atoms with van der Waals surface area (Å²) in [5.41, 5.74) is 1.27. The molecule has 0 unspecified atom stereocenters. The fourth-order valence-electron chi connectivity index (χ4n) is 2.30. The van der Waals surface area contributed by atoms with Gasteiger partial charge in [0.1, 0.15) is 5.82 Å². The summed E-state index contributed by atoms with van der Waals surface area (Å²) in [6.45, 7) is 4.42. The summed E-state index contributed by atoms with van der Waals surface area (Å²) in [5, 5.41) is 6.27. The van der Waals surface area contributed by atoms with E-state index in [4.69, 9.17) is 0 Å². The number of hydrogen-bond acceptors (Lipinski definition) is 4. The van der Waals surface area contributed by atoms with E-state index in [9.17, 15) is 12.8 Å². The average Bonchev–Trinajstić information content (AvgIpc) is 2.47. The number of sulfonamides is 1. The largest absolute Gasteiger partial charge is 0.355 e. The standard InChI is InChI=1S/C16H27FN4O2S2/c1-16(2,21-25(5,22)23)11-20-15(18-3)19-9-12-6-7-14(17)8-13(12)10-24-4/h6-8,21H,9-11H2,1-5H3,(H2,18,19,20). The molecule has 142 valence electrons. The zero-order valence-corrected chi connectivity index (χ0v) is 16.9. The summed E-state index contributed by atoms with van der Waals surface area (Å²) >= 11 is 1.63. The van der Waals surface area contributed by atoms with Gasteiger partial charge in [0.05, 0.1) is 6.26 Å². The molecule has 0 spiro atoms. The Kier molecular flexibility index (Phi) is 8.17. The Morgan fingerprint density at radius 2 is 1.96 bits per heavy atom. The summed E-state index contributed by atoms with van der Waals surface area (Å²) < 4.78 is 38.7. The van der Waals surface area contributed by atoms with E-state index >= 15 is 0 Å². The van der Waals surface area contributed by atoms with Crippen LogP contribution in [0.15, 0.2) is 23.2 Å². The minimum Gasteiger partial charge on any atom is -0.355 e. The Morgan fingerprint density at radius 3 is 2.52 bits per heavy atom. The van der Waals surface area contributed by atoms with E-state index in [1.165, 1.54) is 6.07 Å². The van der Waals surface area contributed by atoms with E-state index in [0.29, 0.717) is 19.0 Å². The summed E-state index contributed by atoms with van der Waals surface area (Å²) in [5.74, 6) is 1.03. The minimum absolute atomic E-state index is 0.246. The summed E-state index contributed by atoms with van der Waals surface area (Å²) in [6, 6.07) is 4.75. The molecule has 0 aromatic heterocycles. The van der Waals surface area contributed by atoms with Gasteiger partial charge in [0.2, 0.25) is 10.0 Å². The van der Waals surface area contributed by atoms with Crippen molar-refractivity contribution in [3.05, 3.63) is 35.1 Å². The number of halogens is 1. The van der Waals surface area contributed by atoms with Crippen molar-refractivity contribution in [1.82, 2.24) is 15.4 Å². The van der Waals surface area contributed by atoms with Crippen molar-refractivity contribution in [2.75, 3.05) is 26.1 Å². The maximum atomic E-state index is 13.4. The van der Waals surface area contributed by atoms with Gasteiger partial charge in [-0.1, -0.05) is 6.07 Å². The van der Waals surface area contributed by atoms with Crippen LogP contribution in [-0.4, -0.2) is 46.0 Å². The number of thioether (sulfide) groups is 1. The quantitative estimate of drug-likeness (QED) is 0.465. The van der Waals surface area contributed by atoms with Crippen molar-refractivity contribution in [2.45, 2.75) is 31.7 Å². The van der Waals surface area contributed by atoms with Crippen LogP contribution in [-0.2, 0) is 22.3 Å². The van der Waals surface area contributed by atoms with E-state index < -0.39 is 15.6 Å². The highest BCUT2D eigenvalue weighted by Gasteiger charge is 2.22. The van der Waals surface area contributed by atoms with Gasteiger partial charge in [-0.2, -0.15) is 11.8 Å². The molecule has 0 saturated carbocycles. The summed E-state index contributed by atoms with van der Waals surface area (Å²) in [6.07, 6.45) is 3.10. The highest BCUT2D eigenvalue weighted by Crippen LogP contribution is 2.16. The molecule has 1 aromatic carbocycles. The van der Waals surface area contributed by atoms with E-state index in [-0.39, 0.29) is 5.82 Å². The highest BCUT2D eigenvalue weighted by molar-refractivity contribution is 7.97. The normalized spacial score (nSPS) is 13.0. The lowest BCUT2D eigenvalue weighted by Gasteiger charge is -2.26. The number of aliphatic imine (C=N–C) groups is 1. The first kappa shape index (κ1) is 21.7. The van der Waals surface area contributed by atoms with Gasteiger partial charge in [0.25, 0.3) is 0 Å². The zero-order valence-electron chi connectivity index (χ0n) is 15.3. The van der Waals surface area contributed by atoms with Crippen LogP contribution >= 0.6 is 11.8 Å². The lowest BCUT2D eigenvalue weighted by atomic mass is 10.1. The molecule has 3 N–H and O–H groups in total. The molecule has 0 aliphatic rings. The smallest absolute Gasteiger partial charge is 0.209 e. The van der Waals surface area contributed by atoms with Gasteiger partial charge in [-0.3, -0.25) is 4.99 Å². The molecule has 0 heterocycles. The second-order valence-electron chi connectivity index (χ2n) is 6.38. The molecule has 0 saturated heterocycles. The molecule has 0 aliphatic carbocycles. The van der Waals surface area contributed by atoms with E-state index in [1.54, 1.807) is 44.8 Å². The summed E-state index contributed by atoms with van der Waals surface area (Å²) in [7, 11) is -1.66. The van der Waals surface area contributed by atoms with Gasteiger partial charge in [-0.15, -0.1) is 0 Å². The van der Waals surface area contributed by atoms with Crippen LogP contribution in [0, 0.1) is 5.82 Å². The monoisotopic (exact) mass is 390 g/mol. The van der Waals surface area contributed by atoms with Gasteiger partial charge in [0.15, 0.2) is 5.96 Å². The Morgan fingerprint density at radius 1 is 1.28 bits per heavy atom. The first-order chi connectivity index (χ1) is 11.6. The molecule has 1 aromatic rings. The number of rotatable bonds is 8. The van der Waals surface area contributed by atoms with Gasteiger partial charge in [-0.25, -0.2) is 17.5 Å². The number of nitrogens with zero attached hydrogens (tertiary/aromatic N) is 1. The predicted octanol–water partition coefficient (Wildman–Crippen LogP) is 1.68. The first-order valence-corrected chi connectivity index (χ1v) is 11.0. The Labute approximate surface area is 154 Å². The number of nitrogens with one attached hydrogen (secondary N) is 3. The van der Waals surface area contributed by atoms with E-state index in [2.05, 4.69) is 20.3 Å². The van der Waals surface area contributed by atoms with Crippen LogP contribution in [0.1, 0.15) is 25.0 Å². The Hall–Kier alpha value is -1.32. The summed E-state index contributed by atoms with van der Waals surface area (Å²) in [4.78, 5) is 4.13. The van der Waals surface area contributed by atoms with E-state index in [1.807, 2.05) is 6.26 Å². The van der Waals surface area contributed by atoms with Crippen molar-refractivity contribution in [2.24, 2.45) is 4.99 Å². The van der Waals surface area contributed by atoms with Crippen LogP contribution in [0.3, 0.4) is 0 Å². The second-order valence-corrected chi connectivity index (χ2v) is 9.00. The van der Waals surface area contributed by atoms with Gasteiger partial charge in [0, 0.05) is 31.4 Å². The van der Waals surface area contributed by atoms with Crippen LogP contribution < -0.4 is 15.4 Å². The van der Waals surface area contributed by atoms with E-state index in [0.717, 1.165) is 23.1 Å². The molecule has 0 fully saturated rings. The van der Waals surface area contributed by atoms with Crippen molar-refractivity contribution in [3.8, 4) is 0 Å². The van der Waals surface area contributed by atoms with Gasteiger partial charge < -0.3 is 10.6 Å². The van der Waals surface area contributed by atoms with Crippen molar-refractivity contribution < 1.29 is 12.8 Å². The average molecular weight is 391 g/mol. The van der Waals surface area contributed by atoms with Crippen molar-refractivity contribution >= 4 is 27.7 Å². The van der Waals surface area contributed by atoms with Gasteiger partial charge in [-0.05, 0) is 43.4 Å². The van der Waals surface area contributed by atoms with Crippen LogP contribution in [0.4, 0.5) is 4.39 Å². The SMILES string of the molecule is CN=C(NCc1ccc(F)cc1CSC)NCC(C)(C)NS(C)(=O)=O. The molecule has 0 amide bonds. The number of benzene rings is 1. The predicted molar refractivity (Wildman–Crippen MR) is 104 cm³/mol. The Balaban J connectivity index is 2.66. The molecule has 9 heteroatoms. The third-order valence-corrected chi connectivity index (χ3v) is 4.82. The third-order valence-electron chi connectivity index (χ3n) is 3.30. The van der Waals surface area contributed by atoms with Crippen LogP contribution in [0.5, 0.6) is 0 Å². The second kappa shape index (κ2) is 9.40. The first-order valence-electron chi connectivity index (χ1n) is 7.76. The van der Waals surface area contributed by atoms with Crippen molar-refractivity contribution in [3.63, 3.8) is 0 Å². The third kappa shape index (κ3) is 8.55. The molecule has 0 atom stereocenters. The maximum Gasteiger partial charge on any atom is 0.209 e. The molecule has 0 aliphatic heterocycles. The topological polar surface area (TPSA) is 82.6 Å². The molecule has 0 radical (unpaired) electrons. The zero-order chi connectivity index (χ0) is 19.1. The number of guanidine groups is 1. The lowest BCUT2D eigenvalue weighted by Crippen LogP contribution is -2.52. The highest BCUT2D eigenvalue weighted by atomic mass is 32.2. The molecular weight excluding hydrogens is 363 g/mol. The minimum atomic E-state index is -3.30. The maximum absolute atomic E-state index is 13.4.